The Morgan fingerprint density at radius 1 is 1.52 bits per heavy atom. The summed E-state index contributed by atoms with van der Waals surface area (Å²) in [5.74, 6) is 0.683. The fraction of sp³-hybridized carbons (Fsp3) is 0.600. The average molecular weight is 327 g/mol. The molecule has 1 aliphatic heterocycles. The molecule has 0 aromatic carbocycles. The van der Waals surface area contributed by atoms with Crippen LogP contribution in [0.3, 0.4) is 0 Å². The lowest BCUT2D eigenvalue weighted by molar-refractivity contribution is -0.152. The van der Waals surface area contributed by atoms with Crippen LogP contribution in [0.4, 0.5) is 0 Å². The zero-order valence-electron chi connectivity index (χ0n) is 12.2. The van der Waals surface area contributed by atoms with Gasteiger partial charge in [-0.1, -0.05) is 19.4 Å². The third-order valence-corrected chi connectivity index (χ3v) is 5.97. The van der Waals surface area contributed by atoms with Crippen LogP contribution in [-0.2, 0) is 15.3 Å². The van der Waals surface area contributed by atoms with Crippen LogP contribution < -0.4 is 0 Å². The summed E-state index contributed by atoms with van der Waals surface area (Å²) < 4.78 is 0. The van der Waals surface area contributed by atoms with Crippen LogP contribution in [0.2, 0.25) is 0 Å². The molecule has 21 heavy (non-hydrogen) atoms. The van der Waals surface area contributed by atoms with Crippen molar-refractivity contribution in [2.24, 2.45) is 5.92 Å². The zero-order chi connectivity index (χ0) is 15.2. The van der Waals surface area contributed by atoms with Crippen LogP contribution in [0.15, 0.2) is 17.5 Å². The minimum Gasteiger partial charge on any atom is -0.480 e. The lowest BCUT2D eigenvalue weighted by atomic mass is 9.89. The van der Waals surface area contributed by atoms with E-state index in [4.69, 9.17) is 0 Å². The number of thiophene rings is 1. The number of carboxylic acid groups (broad SMARTS) is 1. The topological polar surface area (TPSA) is 57.6 Å². The molecule has 1 aromatic rings. The third kappa shape index (κ3) is 4.48. The van der Waals surface area contributed by atoms with E-state index in [2.05, 4.69) is 13.0 Å². The van der Waals surface area contributed by atoms with Crippen molar-refractivity contribution in [2.75, 3.05) is 12.3 Å². The molecule has 4 nitrogen and oxygen atoms in total. The highest BCUT2D eigenvalue weighted by Crippen LogP contribution is 2.26. The third-order valence-electron chi connectivity index (χ3n) is 3.94. The maximum absolute atomic E-state index is 12.3. The van der Waals surface area contributed by atoms with E-state index < -0.39 is 12.0 Å². The molecule has 1 aliphatic rings. The number of amides is 1. The van der Waals surface area contributed by atoms with E-state index in [-0.39, 0.29) is 5.91 Å². The van der Waals surface area contributed by atoms with E-state index in [1.165, 1.54) is 4.88 Å². The number of carbonyl (C=O) groups excluding carboxylic acids is 1. The van der Waals surface area contributed by atoms with Gasteiger partial charge in [0.2, 0.25) is 5.91 Å². The van der Waals surface area contributed by atoms with Gasteiger partial charge >= 0.3 is 5.97 Å². The molecule has 2 unspecified atom stereocenters. The molecule has 0 spiro atoms. The van der Waals surface area contributed by atoms with Crippen molar-refractivity contribution in [3.63, 3.8) is 0 Å². The number of nitrogens with zero attached hydrogens (tertiary/aromatic N) is 1. The summed E-state index contributed by atoms with van der Waals surface area (Å²) in [6.45, 7) is 2.66. The van der Waals surface area contributed by atoms with E-state index in [1.54, 1.807) is 28.0 Å². The normalized spacial score (nSPS) is 22.2. The van der Waals surface area contributed by atoms with Crippen molar-refractivity contribution < 1.29 is 14.7 Å². The molecule has 2 atom stereocenters. The molecule has 1 saturated heterocycles. The minimum atomic E-state index is -0.871. The number of hydrogen-bond donors (Lipinski definition) is 1. The molecule has 0 aliphatic carbocycles. The molecule has 2 rings (SSSR count). The molecule has 1 amide bonds. The van der Waals surface area contributed by atoms with Crippen molar-refractivity contribution in [2.45, 2.75) is 38.0 Å². The van der Waals surface area contributed by atoms with Gasteiger partial charge in [-0.25, -0.2) is 4.79 Å². The number of aliphatic carboxylic acids is 1. The second-order valence-electron chi connectivity index (χ2n) is 5.31. The first-order valence-corrected chi connectivity index (χ1v) is 9.27. The second-order valence-corrected chi connectivity index (χ2v) is 7.33. The van der Waals surface area contributed by atoms with Crippen LogP contribution in [0.5, 0.6) is 0 Å². The largest absolute Gasteiger partial charge is 0.480 e. The van der Waals surface area contributed by atoms with Gasteiger partial charge in [0, 0.05) is 17.2 Å². The summed E-state index contributed by atoms with van der Waals surface area (Å²) in [7, 11) is 0. The van der Waals surface area contributed by atoms with Crippen LogP contribution >= 0.6 is 23.1 Å². The number of carboxylic acids is 1. The summed E-state index contributed by atoms with van der Waals surface area (Å²) in [6, 6.07) is 3.41. The maximum atomic E-state index is 12.3. The van der Waals surface area contributed by atoms with Crippen LogP contribution in [0, 0.1) is 5.92 Å². The lowest BCUT2D eigenvalue weighted by Crippen LogP contribution is -2.50. The van der Waals surface area contributed by atoms with Crippen LogP contribution in [0.25, 0.3) is 0 Å². The Balaban J connectivity index is 1.86. The predicted molar refractivity (Wildman–Crippen MR) is 86.6 cm³/mol. The van der Waals surface area contributed by atoms with Crippen molar-refractivity contribution in [3.05, 3.63) is 22.4 Å². The fourth-order valence-corrected chi connectivity index (χ4v) is 4.41. The first-order valence-electron chi connectivity index (χ1n) is 7.24. The van der Waals surface area contributed by atoms with Crippen molar-refractivity contribution in [1.82, 2.24) is 4.90 Å². The Kier molecular flexibility index (Phi) is 6.11. The predicted octanol–water partition coefficient (Wildman–Crippen LogP) is 3.08. The van der Waals surface area contributed by atoms with E-state index in [9.17, 15) is 14.7 Å². The molecular weight excluding hydrogens is 306 g/mol. The smallest absolute Gasteiger partial charge is 0.326 e. The zero-order valence-corrected chi connectivity index (χ0v) is 13.8. The Bertz CT molecular complexity index is 475. The van der Waals surface area contributed by atoms with Crippen LogP contribution in [0.1, 0.15) is 31.1 Å². The Hall–Kier alpha value is -1.01. The van der Waals surface area contributed by atoms with Gasteiger partial charge in [-0.2, -0.15) is 0 Å². The van der Waals surface area contributed by atoms with E-state index in [1.807, 2.05) is 11.4 Å². The molecule has 0 radical (unpaired) electrons. The summed E-state index contributed by atoms with van der Waals surface area (Å²) in [5.41, 5.74) is 0. The molecule has 1 fully saturated rings. The molecule has 2 heterocycles. The summed E-state index contributed by atoms with van der Waals surface area (Å²) >= 11 is 3.24. The minimum absolute atomic E-state index is 0.0430. The standard InChI is InChI=1S/C15H21NO3S2/c1-2-11-5-6-16(13(8-11)15(18)19)14(17)10-20-9-12-4-3-7-21-12/h3-4,7,11,13H,2,5-6,8-10H2,1H3,(H,18,19). The Morgan fingerprint density at radius 3 is 2.95 bits per heavy atom. The van der Waals surface area contributed by atoms with Crippen molar-refractivity contribution in [3.8, 4) is 0 Å². The Morgan fingerprint density at radius 2 is 2.33 bits per heavy atom. The number of thioether (sulfide) groups is 1. The monoisotopic (exact) mass is 327 g/mol. The summed E-state index contributed by atoms with van der Waals surface area (Å²) in [6.07, 6.45) is 2.49. The lowest BCUT2D eigenvalue weighted by Gasteiger charge is -2.37. The highest BCUT2D eigenvalue weighted by molar-refractivity contribution is 7.99. The molecule has 0 saturated carbocycles. The molecule has 1 N–H and O–H groups in total. The number of piperidine rings is 1. The van der Waals surface area contributed by atoms with Crippen LogP contribution in [-0.4, -0.2) is 40.2 Å². The highest BCUT2D eigenvalue weighted by Gasteiger charge is 2.35. The van der Waals surface area contributed by atoms with E-state index >= 15 is 0 Å². The van der Waals surface area contributed by atoms with Gasteiger partial charge in [0.05, 0.1) is 5.75 Å². The number of carbonyl (C=O) groups is 2. The van der Waals surface area contributed by atoms with Gasteiger partial charge in [-0.05, 0) is 30.2 Å². The quantitative estimate of drug-likeness (QED) is 0.872. The first-order chi connectivity index (χ1) is 10.1. The highest BCUT2D eigenvalue weighted by atomic mass is 32.2. The molecule has 116 valence electrons. The molecule has 1 aromatic heterocycles. The molecule has 0 bridgehead atoms. The van der Waals surface area contributed by atoms with Gasteiger partial charge < -0.3 is 10.0 Å². The maximum Gasteiger partial charge on any atom is 0.326 e. The second kappa shape index (κ2) is 7.84. The Labute approximate surface area is 133 Å². The van der Waals surface area contributed by atoms with Gasteiger partial charge in [0.25, 0.3) is 0 Å². The number of likely N-dealkylation sites (tertiary alicyclic amines) is 1. The van der Waals surface area contributed by atoms with Crippen molar-refractivity contribution in [1.29, 1.82) is 0 Å². The fourth-order valence-electron chi connectivity index (χ4n) is 2.66. The number of rotatable bonds is 6. The molecular formula is C15H21NO3S2. The van der Waals surface area contributed by atoms with E-state index in [0.717, 1.165) is 18.6 Å². The number of hydrogen-bond acceptors (Lipinski definition) is 4. The van der Waals surface area contributed by atoms with E-state index in [0.29, 0.717) is 24.6 Å². The van der Waals surface area contributed by atoms with Gasteiger partial charge in [-0.3, -0.25) is 4.79 Å². The van der Waals surface area contributed by atoms with Crippen molar-refractivity contribution >= 4 is 35.0 Å². The first kappa shape index (κ1) is 16.4. The molecule has 6 heteroatoms. The van der Waals surface area contributed by atoms with Gasteiger partial charge in [0.15, 0.2) is 0 Å². The SMILES string of the molecule is CCC1CCN(C(=O)CSCc2cccs2)C(C(=O)O)C1. The summed E-state index contributed by atoms with van der Waals surface area (Å²) in [4.78, 5) is 26.5. The van der Waals surface area contributed by atoms with Gasteiger partial charge in [0.1, 0.15) is 6.04 Å². The average Bonchev–Trinajstić information content (AvgIpc) is 2.99. The summed E-state index contributed by atoms with van der Waals surface area (Å²) in [5, 5.41) is 11.4. The van der Waals surface area contributed by atoms with Gasteiger partial charge in [-0.15, -0.1) is 23.1 Å².